The number of hydrogen-bond donors (Lipinski definition) is 4. The first-order valence-corrected chi connectivity index (χ1v) is 11.7. The second kappa shape index (κ2) is 12.5. The Bertz CT molecular complexity index is 450. The Hall–Kier alpha value is -0.000000000000000111. The minimum Gasteiger partial charge on any atom is -0.392 e. The smallest absolute Gasteiger partial charge is 0.124 e. The molecule has 6 atom stereocenters. The molecule has 1 saturated carbocycles. The van der Waals surface area contributed by atoms with Crippen molar-refractivity contribution in [3.8, 4) is 0 Å². The number of allylic oxidation sites excluding steroid dienone is 2. The lowest BCUT2D eigenvalue weighted by molar-refractivity contribution is 0.0887. The lowest BCUT2D eigenvalue weighted by Gasteiger charge is -2.36. The van der Waals surface area contributed by atoms with Crippen molar-refractivity contribution in [3.63, 3.8) is 0 Å². The average molecular weight is 421 g/mol. The van der Waals surface area contributed by atoms with E-state index in [1.807, 2.05) is 6.92 Å². The van der Waals surface area contributed by atoms with Crippen LogP contribution in [0.3, 0.4) is 0 Å². The van der Waals surface area contributed by atoms with E-state index in [1.165, 1.54) is 18.5 Å². The molecule has 0 bridgehead atoms. The summed E-state index contributed by atoms with van der Waals surface area (Å²) >= 11 is 12.8. The van der Waals surface area contributed by atoms with E-state index in [1.54, 1.807) is 0 Å². The van der Waals surface area contributed by atoms with Crippen molar-refractivity contribution in [2.75, 3.05) is 13.1 Å². The van der Waals surface area contributed by atoms with Gasteiger partial charge in [0.1, 0.15) is 6.23 Å². The molecule has 1 fully saturated rings. The highest BCUT2D eigenvalue weighted by Gasteiger charge is 2.33. The zero-order valence-electron chi connectivity index (χ0n) is 16.7. The maximum Gasteiger partial charge on any atom is 0.124 e. The quantitative estimate of drug-likeness (QED) is 0.230. The van der Waals surface area contributed by atoms with Gasteiger partial charge in [-0.1, -0.05) is 13.0 Å². The van der Waals surface area contributed by atoms with E-state index in [0.717, 1.165) is 57.9 Å². The molecule has 4 nitrogen and oxygen atoms in total. The molecule has 4 N–H and O–H groups in total. The van der Waals surface area contributed by atoms with Gasteiger partial charge in [0, 0.05) is 17.6 Å². The van der Waals surface area contributed by atoms with Gasteiger partial charge in [-0.15, -0.1) is 23.2 Å². The molecular weight excluding hydrogens is 383 g/mol. The van der Waals surface area contributed by atoms with Crippen LogP contribution in [0.15, 0.2) is 11.8 Å². The van der Waals surface area contributed by atoms with E-state index >= 15 is 0 Å². The third-order valence-electron chi connectivity index (χ3n) is 6.11. The van der Waals surface area contributed by atoms with Crippen LogP contribution in [-0.4, -0.2) is 46.4 Å². The van der Waals surface area contributed by atoms with Crippen LogP contribution in [0, 0.1) is 11.8 Å². The fourth-order valence-electron chi connectivity index (χ4n) is 4.31. The fourth-order valence-corrected chi connectivity index (χ4v) is 4.90. The van der Waals surface area contributed by atoms with Gasteiger partial charge in [-0.3, -0.25) is 0 Å². The Kier molecular flexibility index (Phi) is 10.8. The van der Waals surface area contributed by atoms with Crippen molar-refractivity contribution in [1.82, 2.24) is 10.6 Å². The molecule has 6 heteroatoms. The second-order valence-electron chi connectivity index (χ2n) is 8.29. The Balaban J connectivity index is 1.86. The number of alkyl halides is 2. The molecule has 0 saturated heterocycles. The minimum absolute atomic E-state index is 0.0222. The zero-order chi connectivity index (χ0) is 19.6. The first-order valence-electron chi connectivity index (χ1n) is 10.8. The van der Waals surface area contributed by atoms with Gasteiger partial charge in [-0.05, 0) is 82.6 Å². The summed E-state index contributed by atoms with van der Waals surface area (Å²) in [4.78, 5) is 0. The number of hydrogen-bond acceptors (Lipinski definition) is 4. The summed E-state index contributed by atoms with van der Waals surface area (Å²) in [6.07, 6.45) is 11.5. The van der Waals surface area contributed by atoms with Crippen LogP contribution < -0.4 is 10.6 Å². The lowest BCUT2D eigenvalue weighted by atomic mass is 9.76. The molecule has 27 heavy (non-hydrogen) atoms. The van der Waals surface area contributed by atoms with Gasteiger partial charge in [0.05, 0.1) is 11.5 Å². The van der Waals surface area contributed by atoms with Crippen molar-refractivity contribution in [2.45, 2.75) is 94.2 Å². The topological polar surface area (TPSA) is 64.5 Å². The van der Waals surface area contributed by atoms with Crippen LogP contribution >= 0.6 is 23.2 Å². The summed E-state index contributed by atoms with van der Waals surface area (Å²) in [5, 5.41) is 27.1. The van der Waals surface area contributed by atoms with E-state index in [-0.39, 0.29) is 16.9 Å². The number of halogens is 2. The van der Waals surface area contributed by atoms with Gasteiger partial charge in [-0.25, -0.2) is 0 Å². The Labute approximate surface area is 175 Å². The largest absolute Gasteiger partial charge is 0.392 e. The number of aliphatic hydroxyl groups is 2. The molecule has 0 aromatic heterocycles. The summed E-state index contributed by atoms with van der Waals surface area (Å²) < 4.78 is 0. The predicted octanol–water partition coefficient (Wildman–Crippen LogP) is 4.12. The van der Waals surface area contributed by atoms with Crippen molar-refractivity contribution in [2.24, 2.45) is 11.8 Å². The average Bonchev–Trinajstić information content (AvgIpc) is 2.67. The molecule has 0 radical (unpaired) electrons. The maximum absolute atomic E-state index is 10.6. The van der Waals surface area contributed by atoms with Crippen LogP contribution in [-0.2, 0) is 0 Å². The first kappa shape index (κ1) is 23.3. The van der Waals surface area contributed by atoms with Crippen molar-refractivity contribution in [3.05, 3.63) is 11.8 Å². The molecule has 2 aliphatic rings. The predicted molar refractivity (Wildman–Crippen MR) is 114 cm³/mol. The van der Waals surface area contributed by atoms with Gasteiger partial charge in [0.2, 0.25) is 0 Å². The third-order valence-corrected chi connectivity index (χ3v) is 7.25. The SMILES string of the molecule is CCC(O)CNCCC(CC(O)NC1=CCCCC1)C1CCC(Cl)[C@H](Cl)C1. The summed E-state index contributed by atoms with van der Waals surface area (Å²) in [5.74, 6) is 0.894. The van der Waals surface area contributed by atoms with Crippen LogP contribution in [0.25, 0.3) is 0 Å². The van der Waals surface area contributed by atoms with Crippen LogP contribution in [0.2, 0.25) is 0 Å². The summed E-state index contributed by atoms with van der Waals surface area (Å²) in [6.45, 7) is 3.47. The number of aliphatic hydroxyl groups excluding tert-OH is 2. The highest BCUT2D eigenvalue weighted by atomic mass is 35.5. The Morgan fingerprint density at radius 2 is 2.00 bits per heavy atom. The second-order valence-corrected chi connectivity index (χ2v) is 9.41. The van der Waals surface area contributed by atoms with E-state index in [4.69, 9.17) is 23.2 Å². The van der Waals surface area contributed by atoms with E-state index in [9.17, 15) is 10.2 Å². The van der Waals surface area contributed by atoms with Gasteiger partial charge in [0.15, 0.2) is 0 Å². The molecule has 0 amide bonds. The van der Waals surface area contributed by atoms with E-state index in [2.05, 4.69) is 16.7 Å². The van der Waals surface area contributed by atoms with Crippen LogP contribution in [0.4, 0.5) is 0 Å². The summed E-state index contributed by atoms with van der Waals surface area (Å²) in [5.41, 5.74) is 1.19. The minimum atomic E-state index is -0.511. The molecule has 0 aromatic rings. The molecule has 2 aliphatic carbocycles. The normalized spacial score (nSPS) is 29.7. The van der Waals surface area contributed by atoms with Crippen LogP contribution in [0.1, 0.15) is 71.1 Å². The number of rotatable bonds is 11. The standard InChI is InChI=1S/C21H38Cl2N2O2/c1-2-18(26)14-24-11-10-16(15-8-9-19(22)20(23)12-15)13-21(27)25-17-6-4-3-5-7-17/h6,15-16,18-21,24-27H,2-5,7-14H2,1H3/t15?,16?,18?,19?,20-,21?/m1/s1. The molecule has 2 rings (SSSR count). The first-order chi connectivity index (χ1) is 13.0. The highest BCUT2D eigenvalue weighted by Crippen LogP contribution is 2.38. The Morgan fingerprint density at radius 3 is 2.67 bits per heavy atom. The molecule has 0 aliphatic heterocycles. The summed E-state index contributed by atoms with van der Waals surface area (Å²) in [7, 11) is 0. The van der Waals surface area contributed by atoms with Crippen molar-refractivity contribution < 1.29 is 10.2 Å². The monoisotopic (exact) mass is 420 g/mol. The highest BCUT2D eigenvalue weighted by molar-refractivity contribution is 6.30. The zero-order valence-corrected chi connectivity index (χ0v) is 18.2. The fraction of sp³-hybridized carbons (Fsp3) is 0.905. The molecular formula is C21H38Cl2N2O2. The van der Waals surface area contributed by atoms with Gasteiger partial charge < -0.3 is 20.8 Å². The van der Waals surface area contributed by atoms with E-state index in [0.29, 0.717) is 18.4 Å². The Morgan fingerprint density at radius 1 is 1.19 bits per heavy atom. The molecule has 0 aromatic carbocycles. The van der Waals surface area contributed by atoms with Gasteiger partial charge in [0.25, 0.3) is 0 Å². The van der Waals surface area contributed by atoms with Crippen LogP contribution in [0.5, 0.6) is 0 Å². The van der Waals surface area contributed by atoms with Gasteiger partial charge in [-0.2, -0.15) is 0 Å². The lowest BCUT2D eigenvalue weighted by Crippen LogP contribution is -2.37. The van der Waals surface area contributed by atoms with E-state index < -0.39 is 6.23 Å². The van der Waals surface area contributed by atoms with Gasteiger partial charge >= 0.3 is 0 Å². The molecule has 0 heterocycles. The summed E-state index contributed by atoms with van der Waals surface area (Å²) in [6, 6.07) is 0. The molecule has 0 spiro atoms. The number of nitrogens with one attached hydrogen (secondary N) is 2. The molecule has 5 unspecified atom stereocenters. The third kappa shape index (κ3) is 8.49. The maximum atomic E-state index is 10.6. The molecule has 158 valence electrons. The van der Waals surface area contributed by atoms with Crippen molar-refractivity contribution >= 4 is 23.2 Å². The van der Waals surface area contributed by atoms with Crippen molar-refractivity contribution in [1.29, 1.82) is 0 Å².